The molecule has 0 heterocycles. The van der Waals surface area contributed by atoms with Gasteiger partial charge in [-0.2, -0.15) is 0 Å². The molecule has 1 rings (SSSR count). The molecule has 0 aliphatic rings. The number of carboxylic acids is 1. The summed E-state index contributed by atoms with van der Waals surface area (Å²) in [7, 11) is 1.60. The predicted octanol–water partition coefficient (Wildman–Crippen LogP) is 2.10. The molecule has 0 spiro atoms. The van der Waals surface area contributed by atoms with Crippen molar-refractivity contribution in [1.82, 2.24) is 0 Å². The fourth-order valence-corrected chi connectivity index (χ4v) is 1.99. The van der Waals surface area contributed by atoms with E-state index in [1.807, 2.05) is 24.3 Å². The van der Waals surface area contributed by atoms with Gasteiger partial charge < -0.3 is 14.9 Å². The fourth-order valence-electron chi connectivity index (χ4n) is 1.99. The molecule has 0 aromatic heterocycles. The third kappa shape index (κ3) is 3.01. The molecule has 2 N–H and O–H groups in total. The number of aliphatic hydroxyl groups is 1. The summed E-state index contributed by atoms with van der Waals surface area (Å²) in [5.41, 5.74) is -0.684. The molecular formula is C14H20O4. The Morgan fingerprint density at radius 1 is 1.39 bits per heavy atom. The zero-order valence-electron chi connectivity index (χ0n) is 11.0. The number of benzene rings is 1. The Morgan fingerprint density at radius 2 is 1.94 bits per heavy atom. The lowest BCUT2D eigenvalue weighted by Gasteiger charge is -2.28. The first-order valence-electron chi connectivity index (χ1n) is 6.02. The predicted molar refractivity (Wildman–Crippen MR) is 68.7 cm³/mol. The maximum atomic E-state index is 11.1. The molecule has 2 unspecified atom stereocenters. The van der Waals surface area contributed by atoms with Crippen LogP contribution in [0.5, 0.6) is 5.75 Å². The molecule has 0 fully saturated rings. The van der Waals surface area contributed by atoms with Gasteiger partial charge in [0.05, 0.1) is 7.11 Å². The lowest BCUT2D eigenvalue weighted by molar-refractivity contribution is -0.164. The second kappa shape index (κ2) is 5.87. The van der Waals surface area contributed by atoms with Crippen LogP contribution in [0.15, 0.2) is 24.3 Å². The summed E-state index contributed by atoms with van der Waals surface area (Å²) in [6.45, 7) is 3.43. The number of carboxylic acid groups (broad SMARTS) is 1. The average molecular weight is 252 g/mol. The molecule has 100 valence electrons. The van der Waals surface area contributed by atoms with E-state index in [1.165, 1.54) is 0 Å². The number of rotatable bonds is 6. The third-order valence-corrected chi connectivity index (χ3v) is 3.43. The van der Waals surface area contributed by atoms with E-state index in [0.717, 1.165) is 11.3 Å². The number of methoxy groups -OCH3 is 1. The Labute approximate surface area is 107 Å². The molecule has 0 aliphatic carbocycles. The molecule has 2 atom stereocenters. The number of carbonyl (C=O) groups is 1. The smallest absolute Gasteiger partial charge is 0.335 e. The topological polar surface area (TPSA) is 66.8 Å². The van der Waals surface area contributed by atoms with Gasteiger partial charge in [0, 0.05) is 0 Å². The zero-order chi connectivity index (χ0) is 13.8. The van der Waals surface area contributed by atoms with Crippen molar-refractivity contribution >= 4 is 5.97 Å². The van der Waals surface area contributed by atoms with E-state index >= 15 is 0 Å². The van der Waals surface area contributed by atoms with Crippen LogP contribution in [0.2, 0.25) is 0 Å². The summed E-state index contributed by atoms with van der Waals surface area (Å²) in [6, 6.07) is 7.42. The van der Waals surface area contributed by atoms with Crippen molar-refractivity contribution in [2.75, 3.05) is 7.11 Å². The van der Waals surface area contributed by atoms with Gasteiger partial charge in [0.15, 0.2) is 5.60 Å². The van der Waals surface area contributed by atoms with Gasteiger partial charge in [-0.1, -0.05) is 26.0 Å². The van der Waals surface area contributed by atoms with Gasteiger partial charge >= 0.3 is 5.97 Å². The van der Waals surface area contributed by atoms with E-state index in [0.29, 0.717) is 6.42 Å². The summed E-state index contributed by atoms with van der Waals surface area (Å²) >= 11 is 0. The summed E-state index contributed by atoms with van der Waals surface area (Å²) in [4.78, 5) is 11.1. The number of hydrogen-bond acceptors (Lipinski definition) is 3. The van der Waals surface area contributed by atoms with Gasteiger partial charge in [-0.3, -0.25) is 0 Å². The van der Waals surface area contributed by atoms with Crippen LogP contribution in [0.1, 0.15) is 25.8 Å². The van der Waals surface area contributed by atoms with Crippen LogP contribution in [-0.2, 0) is 11.2 Å². The molecule has 1 aromatic rings. The summed E-state index contributed by atoms with van der Waals surface area (Å²) in [5, 5.41) is 19.2. The first-order valence-corrected chi connectivity index (χ1v) is 6.02. The third-order valence-electron chi connectivity index (χ3n) is 3.43. The normalized spacial score (nSPS) is 15.8. The average Bonchev–Trinajstić information content (AvgIpc) is 2.38. The van der Waals surface area contributed by atoms with Gasteiger partial charge in [0.25, 0.3) is 0 Å². The first-order chi connectivity index (χ1) is 8.43. The Morgan fingerprint density at radius 3 is 2.33 bits per heavy atom. The zero-order valence-corrected chi connectivity index (χ0v) is 11.0. The number of ether oxygens (including phenoxy) is 1. The van der Waals surface area contributed by atoms with Gasteiger partial charge in [-0.25, -0.2) is 4.79 Å². The van der Waals surface area contributed by atoms with Crippen LogP contribution < -0.4 is 4.74 Å². The van der Waals surface area contributed by atoms with Crippen molar-refractivity contribution in [1.29, 1.82) is 0 Å². The van der Waals surface area contributed by atoms with Crippen LogP contribution in [0.25, 0.3) is 0 Å². The lowest BCUT2D eigenvalue weighted by atomic mass is 9.82. The SMILES string of the molecule is CCC(O)(C(=O)O)C(C)Cc1ccc(OC)cc1. The van der Waals surface area contributed by atoms with Crippen molar-refractivity contribution in [2.24, 2.45) is 5.92 Å². The Hall–Kier alpha value is -1.55. The minimum absolute atomic E-state index is 0.194. The van der Waals surface area contributed by atoms with Crippen molar-refractivity contribution in [3.8, 4) is 5.75 Å². The molecule has 0 aliphatic heterocycles. The van der Waals surface area contributed by atoms with E-state index in [4.69, 9.17) is 9.84 Å². The van der Waals surface area contributed by atoms with Crippen LogP contribution >= 0.6 is 0 Å². The molecule has 0 bridgehead atoms. The highest BCUT2D eigenvalue weighted by molar-refractivity contribution is 5.77. The quantitative estimate of drug-likeness (QED) is 0.813. The van der Waals surface area contributed by atoms with E-state index in [9.17, 15) is 9.90 Å². The Kier molecular flexibility index (Phi) is 4.73. The minimum Gasteiger partial charge on any atom is -0.497 e. The largest absolute Gasteiger partial charge is 0.497 e. The van der Waals surface area contributed by atoms with Crippen molar-refractivity contribution in [3.63, 3.8) is 0 Å². The number of hydrogen-bond donors (Lipinski definition) is 2. The minimum atomic E-state index is -1.67. The van der Waals surface area contributed by atoms with Crippen molar-refractivity contribution in [3.05, 3.63) is 29.8 Å². The summed E-state index contributed by atoms with van der Waals surface area (Å²) in [6.07, 6.45) is 0.709. The molecule has 4 heteroatoms. The van der Waals surface area contributed by atoms with Gasteiger partial charge in [0.1, 0.15) is 5.75 Å². The lowest BCUT2D eigenvalue weighted by Crippen LogP contribution is -2.45. The first kappa shape index (κ1) is 14.5. The standard InChI is InChI=1S/C14H20O4/c1-4-14(17,13(15)16)10(2)9-11-5-7-12(18-3)8-6-11/h5-8,10,17H,4,9H2,1-3H3,(H,15,16). The van der Waals surface area contributed by atoms with Gasteiger partial charge in [0.2, 0.25) is 0 Å². The highest BCUT2D eigenvalue weighted by atomic mass is 16.5. The highest BCUT2D eigenvalue weighted by Crippen LogP contribution is 2.26. The Balaban J connectivity index is 2.79. The monoisotopic (exact) mass is 252 g/mol. The van der Waals surface area contributed by atoms with E-state index in [-0.39, 0.29) is 12.3 Å². The molecule has 0 amide bonds. The van der Waals surface area contributed by atoms with Crippen molar-refractivity contribution in [2.45, 2.75) is 32.3 Å². The molecule has 0 saturated carbocycles. The van der Waals surface area contributed by atoms with E-state index in [1.54, 1.807) is 21.0 Å². The second-order valence-electron chi connectivity index (χ2n) is 4.54. The maximum Gasteiger partial charge on any atom is 0.335 e. The second-order valence-corrected chi connectivity index (χ2v) is 4.54. The summed E-state index contributed by atoms with van der Waals surface area (Å²) < 4.78 is 5.06. The van der Waals surface area contributed by atoms with Crippen molar-refractivity contribution < 1.29 is 19.7 Å². The molecule has 1 aromatic carbocycles. The van der Waals surface area contributed by atoms with E-state index < -0.39 is 11.6 Å². The van der Waals surface area contributed by atoms with Crippen LogP contribution in [0.4, 0.5) is 0 Å². The molecular weight excluding hydrogens is 232 g/mol. The highest BCUT2D eigenvalue weighted by Gasteiger charge is 2.39. The Bertz CT molecular complexity index is 399. The fraction of sp³-hybridized carbons (Fsp3) is 0.500. The van der Waals surface area contributed by atoms with Crippen LogP contribution in [-0.4, -0.2) is 28.9 Å². The molecule has 4 nitrogen and oxygen atoms in total. The number of aliphatic carboxylic acids is 1. The van der Waals surface area contributed by atoms with E-state index in [2.05, 4.69) is 0 Å². The van der Waals surface area contributed by atoms with Gasteiger partial charge in [-0.05, 0) is 36.5 Å². The van der Waals surface area contributed by atoms with Crippen LogP contribution in [0.3, 0.4) is 0 Å². The molecule has 0 saturated heterocycles. The van der Waals surface area contributed by atoms with Gasteiger partial charge in [-0.15, -0.1) is 0 Å². The van der Waals surface area contributed by atoms with Crippen LogP contribution in [0, 0.1) is 5.92 Å². The molecule has 0 radical (unpaired) electrons. The molecule has 18 heavy (non-hydrogen) atoms. The maximum absolute atomic E-state index is 11.1. The summed E-state index contributed by atoms with van der Waals surface area (Å²) in [5.74, 6) is -0.755.